The quantitative estimate of drug-likeness (QED) is 0.0169. The summed E-state index contributed by atoms with van der Waals surface area (Å²) >= 11 is 0. The maximum absolute atomic E-state index is 13.1. The van der Waals surface area contributed by atoms with Gasteiger partial charge in [-0.05, 0) is 141 Å². The summed E-state index contributed by atoms with van der Waals surface area (Å²) in [6.07, 6.45) is 92.4. The van der Waals surface area contributed by atoms with Crippen molar-refractivity contribution in [3.63, 3.8) is 0 Å². The van der Waals surface area contributed by atoms with Crippen molar-refractivity contribution >= 4 is 39.5 Å². The molecule has 0 aromatic heterocycles. The number of ether oxygens (including phenoxy) is 4. The van der Waals surface area contributed by atoms with Crippen molar-refractivity contribution < 1.29 is 80.2 Å². The first-order valence-electron chi connectivity index (χ1n) is 42.1. The Morgan fingerprint density at radius 1 is 0.269 bits per heavy atom. The van der Waals surface area contributed by atoms with Gasteiger partial charge in [-0.1, -0.05) is 315 Å². The van der Waals surface area contributed by atoms with Crippen LogP contribution in [0, 0.1) is 0 Å². The van der Waals surface area contributed by atoms with E-state index in [1.165, 1.54) is 83.5 Å². The normalized spacial score (nSPS) is 14.5. The van der Waals surface area contributed by atoms with E-state index in [2.05, 4.69) is 161 Å². The van der Waals surface area contributed by atoms with Crippen LogP contribution in [0.4, 0.5) is 0 Å². The Labute approximate surface area is 656 Å². The molecule has 0 aromatic carbocycles. The van der Waals surface area contributed by atoms with Crippen molar-refractivity contribution in [3.05, 3.63) is 146 Å². The zero-order valence-corrected chi connectivity index (χ0v) is 69.5. The number of phosphoric ester groups is 2. The van der Waals surface area contributed by atoms with Crippen LogP contribution in [0.2, 0.25) is 0 Å². The minimum atomic E-state index is -5.00. The van der Waals surface area contributed by atoms with Gasteiger partial charge < -0.3 is 33.8 Å². The molecule has 0 heterocycles. The average molecular weight is 1550 g/mol. The smallest absolute Gasteiger partial charge is 0.462 e. The molecule has 17 nitrogen and oxygen atoms in total. The molecule has 108 heavy (non-hydrogen) atoms. The van der Waals surface area contributed by atoms with E-state index in [1.54, 1.807) is 0 Å². The number of rotatable bonds is 78. The minimum absolute atomic E-state index is 0.0506. The van der Waals surface area contributed by atoms with Gasteiger partial charge in [-0.15, -0.1) is 0 Å². The summed E-state index contributed by atoms with van der Waals surface area (Å²) in [5, 5.41) is 10.7. The van der Waals surface area contributed by atoms with Crippen molar-refractivity contribution in [3.8, 4) is 0 Å². The molecule has 0 aliphatic heterocycles. The van der Waals surface area contributed by atoms with Crippen molar-refractivity contribution in [2.75, 3.05) is 39.6 Å². The number of aliphatic hydroxyl groups is 1. The van der Waals surface area contributed by atoms with Gasteiger partial charge in [0.1, 0.15) is 19.3 Å². The van der Waals surface area contributed by atoms with E-state index >= 15 is 0 Å². The molecule has 5 unspecified atom stereocenters. The fourth-order valence-electron chi connectivity index (χ4n) is 11.0. The Bertz CT molecular complexity index is 2610. The highest BCUT2D eigenvalue weighted by Gasteiger charge is 2.30. The van der Waals surface area contributed by atoms with E-state index in [9.17, 15) is 43.2 Å². The Balaban J connectivity index is 5.45. The largest absolute Gasteiger partial charge is 0.472 e. The third-order valence-corrected chi connectivity index (χ3v) is 19.2. The van der Waals surface area contributed by atoms with Crippen molar-refractivity contribution in [1.29, 1.82) is 0 Å². The van der Waals surface area contributed by atoms with Crippen LogP contribution in [0.5, 0.6) is 0 Å². The van der Waals surface area contributed by atoms with Crippen LogP contribution in [0.15, 0.2) is 146 Å². The molecule has 0 aliphatic rings. The second kappa shape index (κ2) is 80.0. The summed E-state index contributed by atoms with van der Waals surface area (Å²) in [7, 11) is -10.00. The highest BCUT2D eigenvalue weighted by atomic mass is 31.2. The molecule has 0 amide bonds. The average Bonchev–Trinajstić information content (AvgIpc) is 0.901. The second-order valence-corrected chi connectivity index (χ2v) is 30.6. The van der Waals surface area contributed by atoms with E-state index in [0.29, 0.717) is 32.1 Å². The van der Waals surface area contributed by atoms with E-state index in [0.717, 1.165) is 167 Å². The maximum atomic E-state index is 13.1. The van der Waals surface area contributed by atoms with E-state index in [4.69, 9.17) is 37.0 Å². The molecule has 0 aliphatic carbocycles. The Hall–Kier alpha value is -5.06. The third-order valence-electron chi connectivity index (χ3n) is 17.3. The van der Waals surface area contributed by atoms with Gasteiger partial charge in [0.25, 0.3) is 0 Å². The number of aliphatic hydroxyl groups excluding tert-OH is 1. The number of esters is 4. The van der Waals surface area contributed by atoms with Gasteiger partial charge in [0.05, 0.1) is 26.4 Å². The molecule has 0 fully saturated rings. The summed E-state index contributed by atoms with van der Waals surface area (Å²) in [4.78, 5) is 73.2. The molecule has 3 N–H and O–H groups in total. The first-order valence-corrected chi connectivity index (χ1v) is 45.1. The van der Waals surface area contributed by atoms with E-state index in [1.807, 2.05) is 12.2 Å². The van der Waals surface area contributed by atoms with Gasteiger partial charge in [0.2, 0.25) is 0 Å². The predicted molar refractivity (Wildman–Crippen MR) is 445 cm³/mol. The number of unbranched alkanes of at least 4 members (excludes halogenated alkanes) is 28. The number of hydrogen-bond donors (Lipinski definition) is 3. The van der Waals surface area contributed by atoms with Crippen LogP contribution in [0.1, 0.15) is 336 Å². The van der Waals surface area contributed by atoms with Gasteiger partial charge in [-0.2, -0.15) is 0 Å². The number of phosphoric acid groups is 2. The summed E-state index contributed by atoms with van der Waals surface area (Å²) in [6, 6.07) is 0. The first kappa shape index (κ1) is 103. The predicted octanol–water partition coefficient (Wildman–Crippen LogP) is 25.0. The molecule has 0 aromatic rings. The summed E-state index contributed by atoms with van der Waals surface area (Å²) in [5.74, 6) is -2.28. The van der Waals surface area contributed by atoms with Crippen molar-refractivity contribution in [2.45, 2.75) is 354 Å². The van der Waals surface area contributed by atoms with Crippen LogP contribution in [-0.2, 0) is 65.4 Å². The summed E-state index contributed by atoms with van der Waals surface area (Å²) < 4.78 is 68.7. The Morgan fingerprint density at radius 2 is 0.491 bits per heavy atom. The SMILES string of the molecule is CC/C=C\C/C=C\C/C=C\C/C=C\C/C=C\CCCC(=O)OCC(COP(=O)(O)OCC(O)COP(=O)(O)OCC(COC(=O)CCCCCCCC/C=C\C/C=C\C/C=C\CCCCC)OC(=O)CCCCCCCCCCCCCCCCC)OC(=O)CCCCCC/C=C\C/C=C\C/C=C\C/C=C\CC. The number of allylic oxidation sites excluding steroid dienone is 24. The lowest BCUT2D eigenvalue weighted by Gasteiger charge is -2.21. The van der Waals surface area contributed by atoms with Gasteiger partial charge in [0, 0.05) is 25.7 Å². The zero-order valence-electron chi connectivity index (χ0n) is 67.7. The fourth-order valence-corrected chi connectivity index (χ4v) is 12.5. The Kier molecular flexibility index (Phi) is 76.3. The molecule has 19 heteroatoms. The van der Waals surface area contributed by atoms with Crippen molar-refractivity contribution in [1.82, 2.24) is 0 Å². The topological polar surface area (TPSA) is 237 Å². The number of carbonyl (C=O) groups excluding carboxylic acids is 4. The van der Waals surface area contributed by atoms with Crippen molar-refractivity contribution in [2.24, 2.45) is 0 Å². The molecule has 0 radical (unpaired) electrons. The van der Waals surface area contributed by atoms with Crippen LogP contribution in [0.3, 0.4) is 0 Å². The van der Waals surface area contributed by atoms with Gasteiger partial charge in [-0.25, -0.2) is 9.13 Å². The lowest BCUT2D eigenvalue weighted by molar-refractivity contribution is -0.161. The molecule has 618 valence electrons. The lowest BCUT2D eigenvalue weighted by Crippen LogP contribution is -2.30. The highest BCUT2D eigenvalue weighted by Crippen LogP contribution is 2.45. The molecular formula is C89H150O17P2. The van der Waals surface area contributed by atoms with Gasteiger partial charge in [0.15, 0.2) is 12.2 Å². The van der Waals surface area contributed by atoms with Gasteiger partial charge >= 0.3 is 39.5 Å². The highest BCUT2D eigenvalue weighted by molar-refractivity contribution is 7.47. The molecule has 0 rings (SSSR count). The standard InChI is InChI=1S/C89H150O17P2/c1-5-9-13-17-21-25-29-33-37-40-41-44-47-50-54-58-62-66-70-74-87(92)100-79-84(105-88(93)75-71-67-63-59-55-51-45-36-32-28-24-20-16-12-8-4)81-103-107(95,96)101-77-83(90)78-102-108(97,98)104-82-85(106-89(94)76-72-68-64-60-56-52-48-43-39-35-31-27-23-19-15-11-7-3)80-99-86(91)73-69-65-61-57-53-49-46-42-38-34-30-26-22-18-14-10-6-2/h10-11,14-15,21-23,25-27,33-35,37-39,41,44,46,48-49,52,57,61,83-85,90H,5-9,12-13,16-20,24,28-32,36,40,42-43,45,47,50-51,53-56,58-60,62-82H2,1-4H3,(H,95,96)(H,97,98)/b14-10-,15-11-,25-21-,26-22-,27-23-,37-33-,38-34-,39-35-,44-41-,49-46-,52-48-,61-57-. The molecule has 0 saturated carbocycles. The monoisotopic (exact) mass is 1550 g/mol. The Morgan fingerprint density at radius 3 is 0.796 bits per heavy atom. The molecule has 0 spiro atoms. The van der Waals surface area contributed by atoms with E-state index in [-0.39, 0.29) is 25.7 Å². The fraction of sp³-hybridized carbons (Fsp3) is 0.685. The summed E-state index contributed by atoms with van der Waals surface area (Å²) in [6.45, 7) is 4.55. The second-order valence-electron chi connectivity index (χ2n) is 27.7. The maximum Gasteiger partial charge on any atom is 0.472 e. The van der Waals surface area contributed by atoms with Crippen LogP contribution in [0.25, 0.3) is 0 Å². The number of carbonyl (C=O) groups is 4. The van der Waals surface area contributed by atoms with Crippen LogP contribution < -0.4 is 0 Å². The first-order chi connectivity index (χ1) is 52.7. The van der Waals surface area contributed by atoms with Crippen LogP contribution >= 0.6 is 15.6 Å². The number of hydrogen-bond acceptors (Lipinski definition) is 15. The molecule has 0 saturated heterocycles. The third kappa shape index (κ3) is 79.0. The molecule has 0 bridgehead atoms. The summed E-state index contributed by atoms with van der Waals surface area (Å²) in [5.41, 5.74) is 0. The molecule has 5 atom stereocenters. The van der Waals surface area contributed by atoms with Crippen LogP contribution in [-0.4, -0.2) is 96.7 Å². The minimum Gasteiger partial charge on any atom is -0.462 e. The zero-order chi connectivity index (χ0) is 78.9. The lowest BCUT2D eigenvalue weighted by atomic mass is 10.0. The van der Waals surface area contributed by atoms with E-state index < -0.39 is 97.5 Å². The molecular weight excluding hydrogens is 1400 g/mol. The van der Waals surface area contributed by atoms with Gasteiger partial charge in [-0.3, -0.25) is 37.3 Å².